The van der Waals surface area contributed by atoms with E-state index < -0.39 is 30.4 Å². The quantitative estimate of drug-likeness (QED) is 0.541. The van der Waals surface area contributed by atoms with E-state index in [9.17, 15) is 19.2 Å². The van der Waals surface area contributed by atoms with Crippen LogP contribution in [0.3, 0.4) is 0 Å². The van der Waals surface area contributed by atoms with Crippen LogP contribution in [-0.2, 0) is 23.9 Å². The van der Waals surface area contributed by atoms with Gasteiger partial charge in [0.25, 0.3) is 5.91 Å². The third-order valence-corrected chi connectivity index (χ3v) is 5.54. The van der Waals surface area contributed by atoms with Gasteiger partial charge in [0.1, 0.15) is 0 Å². The van der Waals surface area contributed by atoms with Crippen molar-refractivity contribution in [1.29, 1.82) is 0 Å². The molecule has 1 fully saturated rings. The molecule has 1 saturated heterocycles. The summed E-state index contributed by atoms with van der Waals surface area (Å²) in [5.41, 5.74) is 1.57. The van der Waals surface area contributed by atoms with Crippen molar-refractivity contribution in [2.45, 2.75) is 13.3 Å². The van der Waals surface area contributed by atoms with Crippen molar-refractivity contribution < 1.29 is 28.7 Å². The molecule has 2 amide bonds. The monoisotopic (exact) mass is 460 g/mol. The van der Waals surface area contributed by atoms with Crippen LogP contribution in [0.4, 0.5) is 11.4 Å². The van der Waals surface area contributed by atoms with Gasteiger partial charge in [-0.1, -0.05) is 36.4 Å². The van der Waals surface area contributed by atoms with E-state index in [0.717, 1.165) is 16.5 Å². The van der Waals surface area contributed by atoms with Crippen molar-refractivity contribution in [2.75, 3.05) is 30.0 Å². The molecule has 3 aromatic rings. The highest BCUT2D eigenvalue weighted by Gasteiger charge is 2.36. The standard InChI is InChI=1S/C26H24N2O6/c1-2-33-25(31)18-10-12-20(13-11-18)27-23(29)16-34-26(32)19-14-24(30)28(15-19)22-9-5-7-17-6-3-4-8-21(17)22/h3-13,19H,2,14-16H2,1H3,(H,27,29)/t19-/m0/s1. The van der Waals surface area contributed by atoms with E-state index in [4.69, 9.17) is 9.47 Å². The summed E-state index contributed by atoms with van der Waals surface area (Å²) in [7, 11) is 0. The minimum Gasteiger partial charge on any atom is -0.462 e. The van der Waals surface area contributed by atoms with Crippen LogP contribution in [0.2, 0.25) is 0 Å². The Labute approximate surface area is 196 Å². The number of ether oxygens (including phenoxy) is 2. The van der Waals surface area contributed by atoms with Gasteiger partial charge < -0.3 is 19.7 Å². The second-order valence-corrected chi connectivity index (χ2v) is 7.86. The number of benzene rings is 3. The molecule has 1 aliphatic heterocycles. The van der Waals surface area contributed by atoms with Gasteiger partial charge in [-0.15, -0.1) is 0 Å². The maximum Gasteiger partial charge on any atom is 0.338 e. The number of carbonyl (C=O) groups excluding carboxylic acids is 4. The number of carbonyl (C=O) groups is 4. The number of fused-ring (bicyclic) bond motifs is 1. The van der Waals surface area contributed by atoms with Crippen molar-refractivity contribution in [1.82, 2.24) is 0 Å². The molecule has 1 atom stereocenters. The van der Waals surface area contributed by atoms with Crippen molar-refractivity contribution in [3.8, 4) is 0 Å². The molecule has 0 radical (unpaired) electrons. The molecule has 0 spiro atoms. The number of nitrogens with one attached hydrogen (secondary N) is 1. The zero-order chi connectivity index (χ0) is 24.1. The molecular weight excluding hydrogens is 436 g/mol. The lowest BCUT2D eigenvalue weighted by Crippen LogP contribution is -2.28. The van der Waals surface area contributed by atoms with Gasteiger partial charge in [-0.2, -0.15) is 0 Å². The Kier molecular flexibility index (Phi) is 6.87. The van der Waals surface area contributed by atoms with E-state index in [2.05, 4.69) is 5.32 Å². The minimum atomic E-state index is -0.650. The highest BCUT2D eigenvalue weighted by molar-refractivity contribution is 6.06. The average Bonchev–Trinajstić information content (AvgIpc) is 3.24. The van der Waals surface area contributed by atoms with Crippen LogP contribution in [-0.4, -0.2) is 43.5 Å². The number of rotatable bonds is 7. The van der Waals surface area contributed by atoms with E-state index >= 15 is 0 Å². The summed E-state index contributed by atoms with van der Waals surface area (Å²) < 4.78 is 10.1. The van der Waals surface area contributed by atoms with Crippen molar-refractivity contribution in [2.24, 2.45) is 5.92 Å². The number of esters is 2. The molecule has 0 unspecified atom stereocenters. The molecular formula is C26H24N2O6. The van der Waals surface area contributed by atoms with E-state index in [0.29, 0.717) is 11.3 Å². The molecule has 8 nitrogen and oxygen atoms in total. The van der Waals surface area contributed by atoms with Gasteiger partial charge in [-0.05, 0) is 42.6 Å². The molecule has 4 rings (SSSR count). The highest BCUT2D eigenvalue weighted by atomic mass is 16.5. The molecule has 0 bridgehead atoms. The summed E-state index contributed by atoms with van der Waals surface area (Å²) in [5.74, 6) is -2.37. The fourth-order valence-corrected chi connectivity index (χ4v) is 3.90. The zero-order valence-corrected chi connectivity index (χ0v) is 18.7. The lowest BCUT2D eigenvalue weighted by atomic mass is 10.1. The highest BCUT2D eigenvalue weighted by Crippen LogP contribution is 2.32. The molecule has 0 aromatic heterocycles. The maximum atomic E-state index is 12.6. The van der Waals surface area contributed by atoms with Crippen LogP contribution in [0.5, 0.6) is 0 Å². The molecule has 174 valence electrons. The first kappa shape index (κ1) is 23.0. The van der Waals surface area contributed by atoms with Gasteiger partial charge in [0.2, 0.25) is 5.91 Å². The molecule has 0 aliphatic carbocycles. The zero-order valence-electron chi connectivity index (χ0n) is 18.7. The van der Waals surface area contributed by atoms with E-state index in [1.165, 1.54) is 12.1 Å². The van der Waals surface area contributed by atoms with E-state index in [1.54, 1.807) is 24.0 Å². The first-order valence-corrected chi connectivity index (χ1v) is 11.0. The number of hydrogen-bond donors (Lipinski definition) is 1. The maximum absolute atomic E-state index is 12.6. The summed E-state index contributed by atoms with van der Waals surface area (Å²) in [6, 6.07) is 19.6. The van der Waals surface area contributed by atoms with Gasteiger partial charge in [0, 0.05) is 24.0 Å². The Morgan fingerprint density at radius 2 is 1.71 bits per heavy atom. The minimum absolute atomic E-state index is 0.0268. The second-order valence-electron chi connectivity index (χ2n) is 7.86. The Morgan fingerprint density at radius 3 is 2.47 bits per heavy atom. The van der Waals surface area contributed by atoms with Crippen molar-refractivity contribution >= 4 is 45.9 Å². The third kappa shape index (κ3) is 5.06. The molecule has 1 heterocycles. The van der Waals surface area contributed by atoms with Crippen LogP contribution in [0.15, 0.2) is 66.7 Å². The predicted octanol–water partition coefficient (Wildman–Crippen LogP) is 3.55. The molecule has 1 aliphatic rings. The molecule has 0 saturated carbocycles. The smallest absolute Gasteiger partial charge is 0.338 e. The van der Waals surface area contributed by atoms with Gasteiger partial charge in [-0.3, -0.25) is 14.4 Å². The van der Waals surface area contributed by atoms with Crippen LogP contribution in [0.1, 0.15) is 23.7 Å². The largest absolute Gasteiger partial charge is 0.462 e. The molecule has 34 heavy (non-hydrogen) atoms. The average molecular weight is 460 g/mol. The Hall–Kier alpha value is -4.20. The van der Waals surface area contributed by atoms with E-state index in [1.807, 2.05) is 42.5 Å². The number of nitrogens with zero attached hydrogens (tertiary/aromatic N) is 1. The van der Waals surface area contributed by atoms with Crippen LogP contribution in [0.25, 0.3) is 10.8 Å². The molecule has 3 aromatic carbocycles. The second kappa shape index (κ2) is 10.2. The Balaban J connectivity index is 1.31. The summed E-state index contributed by atoms with van der Waals surface area (Å²) in [6.07, 6.45) is 0.0268. The van der Waals surface area contributed by atoms with Crippen LogP contribution in [0, 0.1) is 5.92 Å². The van der Waals surface area contributed by atoms with Crippen molar-refractivity contribution in [3.05, 3.63) is 72.3 Å². The Morgan fingerprint density at radius 1 is 0.971 bits per heavy atom. The van der Waals surface area contributed by atoms with Gasteiger partial charge in [0.15, 0.2) is 6.61 Å². The summed E-state index contributed by atoms with van der Waals surface area (Å²) in [6.45, 7) is 1.71. The third-order valence-electron chi connectivity index (χ3n) is 5.54. The van der Waals surface area contributed by atoms with Crippen LogP contribution >= 0.6 is 0 Å². The van der Waals surface area contributed by atoms with E-state index in [-0.39, 0.29) is 25.5 Å². The van der Waals surface area contributed by atoms with Gasteiger partial charge >= 0.3 is 11.9 Å². The number of hydrogen-bond acceptors (Lipinski definition) is 6. The van der Waals surface area contributed by atoms with Gasteiger partial charge in [0.05, 0.1) is 23.8 Å². The molecule has 8 heteroatoms. The summed E-state index contributed by atoms with van der Waals surface area (Å²) >= 11 is 0. The lowest BCUT2D eigenvalue weighted by molar-refractivity contribution is -0.151. The normalized spacial score (nSPS) is 15.3. The first-order valence-electron chi connectivity index (χ1n) is 11.0. The fourth-order valence-electron chi connectivity index (χ4n) is 3.90. The summed E-state index contributed by atoms with van der Waals surface area (Å²) in [4.78, 5) is 50.6. The SMILES string of the molecule is CCOC(=O)c1ccc(NC(=O)COC(=O)[C@H]2CC(=O)N(c3cccc4ccccc34)C2)cc1. The van der Waals surface area contributed by atoms with Crippen LogP contribution < -0.4 is 10.2 Å². The topological polar surface area (TPSA) is 102 Å². The predicted molar refractivity (Wildman–Crippen MR) is 126 cm³/mol. The number of amides is 2. The number of anilines is 2. The molecule has 1 N–H and O–H groups in total. The van der Waals surface area contributed by atoms with Gasteiger partial charge in [-0.25, -0.2) is 4.79 Å². The van der Waals surface area contributed by atoms with Crippen molar-refractivity contribution in [3.63, 3.8) is 0 Å². The lowest BCUT2D eigenvalue weighted by Gasteiger charge is -2.18. The summed E-state index contributed by atoms with van der Waals surface area (Å²) in [5, 5.41) is 4.54. The Bertz CT molecular complexity index is 1230. The fraction of sp³-hybridized carbons (Fsp3) is 0.231. The first-order chi connectivity index (χ1) is 16.5.